The lowest BCUT2D eigenvalue weighted by Gasteiger charge is -2.11. The minimum absolute atomic E-state index is 0.135. The summed E-state index contributed by atoms with van der Waals surface area (Å²) in [5.74, 6) is 2.03. The zero-order chi connectivity index (χ0) is 23.2. The highest BCUT2D eigenvalue weighted by molar-refractivity contribution is 5.94. The van der Waals surface area contributed by atoms with Gasteiger partial charge in [-0.3, -0.25) is 4.79 Å². The number of benzene rings is 3. The van der Waals surface area contributed by atoms with Gasteiger partial charge in [0.1, 0.15) is 5.82 Å². The molecule has 0 radical (unpaired) electrons. The van der Waals surface area contributed by atoms with Gasteiger partial charge >= 0.3 is 0 Å². The van der Waals surface area contributed by atoms with Crippen LogP contribution in [0.4, 0.5) is 0 Å². The van der Waals surface area contributed by atoms with E-state index in [1.165, 1.54) is 11.1 Å². The molecule has 3 aromatic carbocycles. The zero-order valence-electron chi connectivity index (χ0n) is 19.3. The van der Waals surface area contributed by atoms with E-state index in [9.17, 15) is 4.79 Å². The van der Waals surface area contributed by atoms with Gasteiger partial charge in [-0.25, -0.2) is 4.98 Å². The molecule has 1 aromatic heterocycles. The fraction of sp³-hybridized carbons (Fsp3) is 0.259. The van der Waals surface area contributed by atoms with Crippen LogP contribution in [0.2, 0.25) is 0 Å². The Balaban J connectivity index is 1.42. The zero-order valence-corrected chi connectivity index (χ0v) is 19.3. The molecule has 33 heavy (non-hydrogen) atoms. The molecule has 0 saturated heterocycles. The van der Waals surface area contributed by atoms with E-state index in [4.69, 9.17) is 14.5 Å². The molecular weight excluding hydrogens is 414 g/mol. The lowest BCUT2D eigenvalue weighted by atomic mass is 10.1. The van der Waals surface area contributed by atoms with Gasteiger partial charge in [0.25, 0.3) is 5.91 Å². The standard InChI is InChI=1S/C27H29N3O3/c1-19-10-12-20(13-11-19)18-30-23-8-5-4-7-22(23)29-26(30)9-6-16-28-27(31)21-14-15-24(32-2)25(17-21)33-3/h4-5,7-8,10-15,17H,6,9,16,18H2,1-3H3,(H,28,31). The summed E-state index contributed by atoms with van der Waals surface area (Å²) < 4.78 is 12.8. The molecule has 0 bridgehead atoms. The highest BCUT2D eigenvalue weighted by atomic mass is 16.5. The Kier molecular flexibility index (Phi) is 6.93. The van der Waals surface area contributed by atoms with E-state index < -0.39 is 0 Å². The molecule has 1 heterocycles. The first-order valence-electron chi connectivity index (χ1n) is 11.1. The molecule has 4 rings (SSSR count). The van der Waals surface area contributed by atoms with Crippen LogP contribution in [-0.4, -0.2) is 36.2 Å². The largest absolute Gasteiger partial charge is 0.493 e. The molecule has 4 aromatic rings. The number of imidazole rings is 1. The quantitative estimate of drug-likeness (QED) is 0.378. The highest BCUT2D eigenvalue weighted by Gasteiger charge is 2.13. The highest BCUT2D eigenvalue weighted by Crippen LogP contribution is 2.27. The van der Waals surface area contributed by atoms with Crippen molar-refractivity contribution >= 4 is 16.9 Å². The van der Waals surface area contributed by atoms with Gasteiger partial charge in [0, 0.05) is 25.1 Å². The van der Waals surface area contributed by atoms with Gasteiger partial charge in [-0.1, -0.05) is 42.0 Å². The smallest absolute Gasteiger partial charge is 0.251 e. The van der Waals surface area contributed by atoms with Crippen LogP contribution in [0.1, 0.15) is 33.7 Å². The average Bonchev–Trinajstić information content (AvgIpc) is 3.19. The second-order valence-electron chi connectivity index (χ2n) is 8.02. The number of aromatic nitrogens is 2. The predicted octanol–water partition coefficient (Wildman–Crippen LogP) is 4.77. The Morgan fingerprint density at radius 2 is 1.73 bits per heavy atom. The Bertz CT molecular complexity index is 1250. The number of nitrogens with zero attached hydrogens (tertiary/aromatic N) is 2. The molecule has 0 atom stereocenters. The molecule has 6 heteroatoms. The number of fused-ring (bicyclic) bond motifs is 1. The molecule has 0 fully saturated rings. The van der Waals surface area contributed by atoms with E-state index in [0.29, 0.717) is 23.6 Å². The van der Waals surface area contributed by atoms with Gasteiger partial charge in [-0.2, -0.15) is 0 Å². The molecule has 0 aliphatic heterocycles. The second kappa shape index (κ2) is 10.2. The molecule has 0 saturated carbocycles. The van der Waals surface area contributed by atoms with Crippen molar-refractivity contribution in [2.75, 3.05) is 20.8 Å². The number of amides is 1. The second-order valence-corrected chi connectivity index (χ2v) is 8.02. The van der Waals surface area contributed by atoms with Crippen molar-refractivity contribution < 1.29 is 14.3 Å². The van der Waals surface area contributed by atoms with Crippen LogP contribution >= 0.6 is 0 Å². The van der Waals surface area contributed by atoms with Crippen LogP contribution in [0.15, 0.2) is 66.7 Å². The van der Waals surface area contributed by atoms with Crippen molar-refractivity contribution in [2.45, 2.75) is 26.3 Å². The van der Waals surface area contributed by atoms with Crippen LogP contribution in [0, 0.1) is 6.92 Å². The minimum atomic E-state index is -0.135. The number of nitrogens with one attached hydrogen (secondary N) is 1. The molecule has 0 aliphatic carbocycles. The maximum absolute atomic E-state index is 12.6. The number of para-hydroxylation sites is 2. The first-order chi connectivity index (χ1) is 16.1. The normalized spacial score (nSPS) is 10.9. The van der Waals surface area contributed by atoms with Crippen LogP contribution in [0.5, 0.6) is 11.5 Å². The summed E-state index contributed by atoms with van der Waals surface area (Å²) in [4.78, 5) is 17.4. The molecule has 0 aliphatic rings. The van der Waals surface area contributed by atoms with Crippen molar-refractivity contribution in [3.8, 4) is 11.5 Å². The number of methoxy groups -OCH3 is 2. The van der Waals surface area contributed by atoms with E-state index in [2.05, 4.69) is 47.1 Å². The Hall–Kier alpha value is -3.80. The van der Waals surface area contributed by atoms with Gasteiger partial charge in [0.05, 0.1) is 25.3 Å². The molecule has 170 valence electrons. The lowest BCUT2D eigenvalue weighted by Crippen LogP contribution is -2.25. The predicted molar refractivity (Wildman–Crippen MR) is 130 cm³/mol. The maximum Gasteiger partial charge on any atom is 0.251 e. The molecule has 0 unspecified atom stereocenters. The van der Waals surface area contributed by atoms with Gasteiger partial charge in [0.2, 0.25) is 0 Å². The third-order valence-electron chi connectivity index (χ3n) is 5.70. The van der Waals surface area contributed by atoms with Crippen molar-refractivity contribution in [1.29, 1.82) is 0 Å². The fourth-order valence-electron chi connectivity index (χ4n) is 3.90. The monoisotopic (exact) mass is 443 g/mol. The Labute approximate surface area is 194 Å². The topological polar surface area (TPSA) is 65.4 Å². The number of hydrogen-bond donors (Lipinski definition) is 1. The third kappa shape index (κ3) is 5.17. The van der Waals surface area contributed by atoms with Crippen LogP contribution in [0.3, 0.4) is 0 Å². The summed E-state index contributed by atoms with van der Waals surface area (Å²) in [5, 5.41) is 2.99. The van der Waals surface area contributed by atoms with Crippen LogP contribution in [-0.2, 0) is 13.0 Å². The summed E-state index contributed by atoms with van der Waals surface area (Å²) in [6, 6.07) is 22.0. The number of carbonyl (C=O) groups is 1. The summed E-state index contributed by atoms with van der Waals surface area (Å²) >= 11 is 0. The van der Waals surface area contributed by atoms with Crippen LogP contribution < -0.4 is 14.8 Å². The van der Waals surface area contributed by atoms with Crippen molar-refractivity contribution in [1.82, 2.24) is 14.9 Å². The van der Waals surface area contributed by atoms with Gasteiger partial charge in [-0.15, -0.1) is 0 Å². The van der Waals surface area contributed by atoms with E-state index in [-0.39, 0.29) is 5.91 Å². The van der Waals surface area contributed by atoms with Gasteiger partial charge < -0.3 is 19.4 Å². The van der Waals surface area contributed by atoms with E-state index in [1.807, 2.05) is 18.2 Å². The van der Waals surface area contributed by atoms with Crippen molar-refractivity contribution in [2.24, 2.45) is 0 Å². The Morgan fingerprint density at radius 3 is 2.48 bits per heavy atom. The van der Waals surface area contributed by atoms with E-state index in [1.54, 1.807) is 32.4 Å². The number of aryl methyl sites for hydroxylation is 2. The Morgan fingerprint density at radius 1 is 0.970 bits per heavy atom. The van der Waals surface area contributed by atoms with Gasteiger partial charge in [0.15, 0.2) is 11.5 Å². The average molecular weight is 444 g/mol. The molecule has 6 nitrogen and oxygen atoms in total. The summed E-state index contributed by atoms with van der Waals surface area (Å²) in [6.07, 6.45) is 1.56. The fourth-order valence-corrected chi connectivity index (χ4v) is 3.90. The SMILES string of the molecule is COc1ccc(C(=O)NCCCc2nc3ccccc3n2Cc2ccc(C)cc2)cc1OC. The van der Waals surface area contributed by atoms with Gasteiger partial charge in [-0.05, 0) is 49.2 Å². The number of hydrogen-bond acceptors (Lipinski definition) is 4. The summed E-state index contributed by atoms with van der Waals surface area (Å²) in [6.45, 7) is 3.42. The first-order valence-corrected chi connectivity index (χ1v) is 11.1. The van der Waals surface area contributed by atoms with Crippen molar-refractivity contribution in [3.05, 3.63) is 89.2 Å². The van der Waals surface area contributed by atoms with Crippen LogP contribution in [0.25, 0.3) is 11.0 Å². The maximum atomic E-state index is 12.6. The lowest BCUT2D eigenvalue weighted by molar-refractivity contribution is 0.0952. The van der Waals surface area contributed by atoms with E-state index >= 15 is 0 Å². The number of carbonyl (C=O) groups excluding carboxylic acids is 1. The van der Waals surface area contributed by atoms with E-state index in [0.717, 1.165) is 36.2 Å². The number of rotatable bonds is 9. The molecule has 1 N–H and O–H groups in total. The summed E-state index contributed by atoms with van der Waals surface area (Å²) in [7, 11) is 3.13. The third-order valence-corrected chi connectivity index (χ3v) is 5.70. The molecular formula is C27H29N3O3. The summed E-state index contributed by atoms with van der Waals surface area (Å²) in [5.41, 5.74) is 5.15. The minimum Gasteiger partial charge on any atom is -0.493 e. The number of ether oxygens (including phenoxy) is 2. The first kappa shape index (κ1) is 22.4. The molecule has 1 amide bonds. The van der Waals surface area contributed by atoms with Crippen molar-refractivity contribution in [3.63, 3.8) is 0 Å². The molecule has 0 spiro atoms.